The van der Waals surface area contributed by atoms with E-state index < -0.39 is 0 Å². The molecule has 2 nitrogen and oxygen atoms in total. The molecule has 2 saturated carbocycles. The largest absolute Gasteiger partial charge is 0.507 e. The number of hydrogen-bond acceptors (Lipinski definition) is 3. The van der Waals surface area contributed by atoms with E-state index in [0.717, 1.165) is 22.3 Å². The fraction of sp³-hybridized carbons (Fsp3) is 0.714. The average Bonchev–Trinajstić information content (AvgIpc) is 2.93. The lowest BCUT2D eigenvalue weighted by Crippen LogP contribution is -2.23. The Hall–Kier alpha value is -1.61. The molecule has 0 heterocycles. The van der Waals surface area contributed by atoms with Crippen LogP contribution in [0.1, 0.15) is 191 Å². The average molecular weight is 635 g/mol. The van der Waals surface area contributed by atoms with Crippen LogP contribution < -0.4 is 0 Å². The second-order valence-electron chi connectivity index (χ2n) is 18.7. The van der Waals surface area contributed by atoms with E-state index in [9.17, 15) is 10.2 Å². The minimum absolute atomic E-state index is 0.148. The summed E-state index contributed by atoms with van der Waals surface area (Å²) in [5.41, 5.74) is 6.54. The molecule has 0 amide bonds. The van der Waals surface area contributed by atoms with Gasteiger partial charge in [0.1, 0.15) is 11.5 Å². The maximum Gasteiger partial charge on any atom is 0.123 e. The summed E-state index contributed by atoms with van der Waals surface area (Å²) in [7, 11) is 0. The third kappa shape index (κ3) is 8.46. The van der Waals surface area contributed by atoms with Crippen LogP contribution in [0.5, 0.6) is 11.5 Å². The Morgan fingerprint density at radius 1 is 0.467 bits per heavy atom. The molecule has 45 heavy (non-hydrogen) atoms. The molecule has 2 aliphatic rings. The molecule has 3 heteroatoms. The Morgan fingerprint density at radius 2 is 0.711 bits per heavy atom. The molecule has 0 aromatic heterocycles. The maximum atomic E-state index is 11.6. The van der Waals surface area contributed by atoms with Crippen molar-refractivity contribution in [3.63, 3.8) is 0 Å². The van der Waals surface area contributed by atoms with Gasteiger partial charge in [0.05, 0.1) is 0 Å². The molecule has 0 aliphatic heterocycles. The number of phenols is 2. The van der Waals surface area contributed by atoms with E-state index in [0.29, 0.717) is 33.8 Å². The van der Waals surface area contributed by atoms with Gasteiger partial charge in [0.25, 0.3) is 0 Å². The highest BCUT2D eigenvalue weighted by atomic mass is 32.2. The Bertz CT molecular complexity index is 1130. The van der Waals surface area contributed by atoms with Crippen LogP contribution in [0.4, 0.5) is 0 Å². The van der Waals surface area contributed by atoms with Gasteiger partial charge >= 0.3 is 0 Å². The summed E-state index contributed by atoms with van der Waals surface area (Å²) in [6.45, 7) is 26.9. The molecule has 4 rings (SSSR count). The summed E-state index contributed by atoms with van der Waals surface area (Å²) in [5, 5.41) is 24.0. The van der Waals surface area contributed by atoms with Crippen LogP contribution in [-0.4, -0.2) is 10.2 Å². The SMILES string of the molecule is CC(C)(C)c1cc(C(SC(c2cc(C(C)(C)C)c(O)c(C(C)(C)C)c2)C2CCCCC2)C2CCCCC2)cc(C(C)(C)C)c1O. The first-order valence-electron chi connectivity index (χ1n) is 18.1. The first kappa shape index (κ1) is 36.2. The molecule has 2 aromatic carbocycles. The third-order valence-corrected chi connectivity index (χ3v) is 12.5. The summed E-state index contributed by atoms with van der Waals surface area (Å²) < 4.78 is 0. The van der Waals surface area contributed by atoms with Gasteiger partial charge in [-0.1, -0.05) is 146 Å². The molecule has 0 bridgehead atoms. The van der Waals surface area contributed by atoms with Crippen molar-refractivity contribution in [2.24, 2.45) is 11.8 Å². The fourth-order valence-corrected chi connectivity index (χ4v) is 9.78. The molecule has 0 spiro atoms. The molecule has 2 aromatic rings. The molecule has 2 atom stereocenters. The lowest BCUT2D eigenvalue weighted by atomic mass is 9.76. The van der Waals surface area contributed by atoms with Crippen LogP contribution in [0.3, 0.4) is 0 Å². The van der Waals surface area contributed by atoms with E-state index in [1.807, 2.05) is 0 Å². The van der Waals surface area contributed by atoms with Crippen LogP contribution in [0.2, 0.25) is 0 Å². The Balaban J connectivity index is 1.96. The molecule has 0 saturated heterocycles. The number of benzene rings is 2. The highest BCUT2D eigenvalue weighted by Gasteiger charge is 2.37. The lowest BCUT2D eigenvalue weighted by molar-refractivity contribution is 0.337. The Labute approximate surface area is 281 Å². The number of thioether (sulfide) groups is 1. The number of hydrogen-bond donors (Lipinski definition) is 2. The van der Waals surface area contributed by atoms with Crippen molar-refractivity contribution >= 4 is 11.8 Å². The van der Waals surface area contributed by atoms with E-state index >= 15 is 0 Å². The van der Waals surface area contributed by atoms with E-state index in [4.69, 9.17) is 0 Å². The van der Waals surface area contributed by atoms with Gasteiger partial charge in [-0.2, -0.15) is 0 Å². The van der Waals surface area contributed by atoms with Crippen molar-refractivity contribution in [3.8, 4) is 11.5 Å². The predicted octanol–water partition coefficient (Wildman–Crippen LogP) is 13.0. The minimum atomic E-state index is -0.148. The quantitative estimate of drug-likeness (QED) is 0.332. The van der Waals surface area contributed by atoms with Crippen LogP contribution in [-0.2, 0) is 21.7 Å². The first-order chi connectivity index (χ1) is 20.7. The Morgan fingerprint density at radius 3 is 0.933 bits per heavy atom. The van der Waals surface area contributed by atoms with Crippen LogP contribution in [0.15, 0.2) is 24.3 Å². The summed E-state index contributed by atoms with van der Waals surface area (Å²) in [6, 6.07) is 9.53. The van der Waals surface area contributed by atoms with E-state index in [2.05, 4.69) is 119 Å². The monoisotopic (exact) mass is 634 g/mol. The molecule has 2 unspecified atom stereocenters. The summed E-state index contributed by atoms with van der Waals surface area (Å²) >= 11 is 2.23. The zero-order chi connectivity index (χ0) is 33.5. The molecule has 252 valence electrons. The van der Waals surface area contributed by atoms with E-state index in [1.165, 1.54) is 75.3 Å². The number of rotatable bonds is 6. The van der Waals surface area contributed by atoms with Crippen LogP contribution >= 0.6 is 11.8 Å². The van der Waals surface area contributed by atoms with Gasteiger partial charge < -0.3 is 10.2 Å². The van der Waals surface area contributed by atoms with E-state index in [-0.39, 0.29) is 21.7 Å². The van der Waals surface area contributed by atoms with Crippen LogP contribution in [0, 0.1) is 11.8 Å². The molecule has 2 aliphatic carbocycles. The van der Waals surface area contributed by atoms with Crippen molar-refractivity contribution in [1.29, 1.82) is 0 Å². The second-order valence-corrected chi connectivity index (χ2v) is 20.0. The zero-order valence-corrected chi connectivity index (χ0v) is 31.8. The number of phenolic OH excluding ortho intramolecular Hbond substituents is 2. The zero-order valence-electron chi connectivity index (χ0n) is 31.0. The van der Waals surface area contributed by atoms with Gasteiger partial charge in [-0.3, -0.25) is 0 Å². The van der Waals surface area contributed by atoms with Gasteiger partial charge in [-0.25, -0.2) is 0 Å². The third-order valence-electron chi connectivity index (χ3n) is 10.6. The van der Waals surface area contributed by atoms with Crippen LogP contribution in [0.25, 0.3) is 0 Å². The summed E-state index contributed by atoms with van der Waals surface area (Å²) in [5.74, 6) is 2.22. The normalized spacial score (nSPS) is 19.5. The molecule has 2 fully saturated rings. The summed E-state index contributed by atoms with van der Waals surface area (Å²) in [6.07, 6.45) is 13.1. The maximum absolute atomic E-state index is 11.6. The lowest BCUT2D eigenvalue weighted by Gasteiger charge is -2.39. The van der Waals surface area contributed by atoms with E-state index in [1.54, 1.807) is 0 Å². The minimum Gasteiger partial charge on any atom is -0.507 e. The molecular formula is C42H66O2S. The van der Waals surface area contributed by atoms with Crippen molar-refractivity contribution in [2.75, 3.05) is 0 Å². The van der Waals surface area contributed by atoms with Gasteiger partial charge in [0, 0.05) is 10.5 Å². The van der Waals surface area contributed by atoms with Gasteiger partial charge in [0.2, 0.25) is 0 Å². The van der Waals surface area contributed by atoms with Crippen molar-refractivity contribution in [1.82, 2.24) is 0 Å². The topological polar surface area (TPSA) is 40.5 Å². The molecule has 0 radical (unpaired) electrons. The fourth-order valence-electron chi connectivity index (χ4n) is 7.88. The summed E-state index contributed by atoms with van der Waals surface area (Å²) in [4.78, 5) is 0. The van der Waals surface area contributed by atoms with Crippen molar-refractivity contribution in [3.05, 3.63) is 57.6 Å². The van der Waals surface area contributed by atoms with Gasteiger partial charge in [-0.15, -0.1) is 11.8 Å². The van der Waals surface area contributed by atoms with Crippen molar-refractivity contribution < 1.29 is 10.2 Å². The highest BCUT2D eigenvalue weighted by molar-refractivity contribution is 7.99. The van der Waals surface area contributed by atoms with Gasteiger partial charge in [0.15, 0.2) is 0 Å². The standard InChI is InChI=1S/C42H66O2S/c1-39(2,3)31-23-29(24-32(35(31)43)40(4,5)6)37(27-19-15-13-16-20-27)45-38(28-21-17-14-18-22-28)30-25-33(41(7,8)9)36(44)34(26-30)42(10,11)12/h23-28,37-38,43-44H,13-22H2,1-12H3. The predicted molar refractivity (Wildman–Crippen MR) is 197 cm³/mol. The molecule has 2 N–H and O–H groups in total. The Kier molecular flexibility index (Phi) is 10.9. The molecular weight excluding hydrogens is 569 g/mol. The first-order valence-corrected chi connectivity index (χ1v) is 19.0. The highest BCUT2D eigenvalue weighted by Crippen LogP contribution is 2.56. The number of aromatic hydroxyl groups is 2. The second kappa shape index (κ2) is 13.5. The van der Waals surface area contributed by atoms with Crippen molar-refractivity contribution in [2.45, 2.75) is 179 Å². The smallest absolute Gasteiger partial charge is 0.123 e. The van der Waals surface area contributed by atoms with Gasteiger partial charge in [-0.05, 0) is 92.6 Å².